The summed E-state index contributed by atoms with van der Waals surface area (Å²) >= 11 is 0. The largest absolute Gasteiger partial charge is 0.395 e. The van der Waals surface area contributed by atoms with Gasteiger partial charge in [0.2, 0.25) is 0 Å². The molecule has 1 aliphatic rings. The zero-order valence-electron chi connectivity index (χ0n) is 6.17. The number of likely N-dealkylation sites (N-methyl/N-ethyl adjacent to an activating group) is 1. The molecule has 1 rings (SSSR count). The maximum Gasteiger partial charge on any atom is 0.0586 e. The molecule has 54 valence electrons. The van der Waals surface area contributed by atoms with Gasteiger partial charge in [-0.1, -0.05) is 0 Å². The molecule has 0 spiro atoms. The first-order valence-corrected chi connectivity index (χ1v) is 3.58. The standard InChI is InChI=1S/C7H15NO/c1-6-3-4-7(5-9)8(6)2/h6-7,9H,3-5H2,1-2H3. The lowest BCUT2D eigenvalue weighted by molar-refractivity contribution is 0.161. The van der Waals surface area contributed by atoms with Gasteiger partial charge >= 0.3 is 0 Å². The topological polar surface area (TPSA) is 23.5 Å². The van der Waals surface area contributed by atoms with Crippen molar-refractivity contribution >= 4 is 0 Å². The molecule has 0 aromatic rings. The first-order valence-electron chi connectivity index (χ1n) is 3.58. The van der Waals surface area contributed by atoms with E-state index in [1.807, 2.05) is 0 Å². The molecule has 0 aromatic heterocycles. The van der Waals surface area contributed by atoms with Gasteiger partial charge in [0.1, 0.15) is 0 Å². The van der Waals surface area contributed by atoms with Gasteiger partial charge in [-0.15, -0.1) is 0 Å². The van der Waals surface area contributed by atoms with E-state index in [0.717, 1.165) is 6.42 Å². The molecule has 2 heteroatoms. The van der Waals surface area contributed by atoms with Gasteiger partial charge in [0, 0.05) is 12.1 Å². The summed E-state index contributed by atoms with van der Waals surface area (Å²) in [6.07, 6.45) is 2.40. The fraction of sp³-hybridized carbons (Fsp3) is 1.00. The third-order valence-corrected chi connectivity index (χ3v) is 2.40. The fourth-order valence-corrected chi connectivity index (χ4v) is 1.42. The second-order valence-electron chi connectivity index (χ2n) is 2.93. The summed E-state index contributed by atoms with van der Waals surface area (Å²) in [5.74, 6) is 0. The van der Waals surface area contributed by atoms with Crippen LogP contribution in [0.25, 0.3) is 0 Å². The minimum absolute atomic E-state index is 0.320. The summed E-state index contributed by atoms with van der Waals surface area (Å²) in [7, 11) is 2.08. The van der Waals surface area contributed by atoms with Gasteiger partial charge in [-0.2, -0.15) is 0 Å². The maximum absolute atomic E-state index is 8.81. The van der Waals surface area contributed by atoms with Gasteiger partial charge in [0.05, 0.1) is 6.61 Å². The van der Waals surface area contributed by atoms with E-state index in [2.05, 4.69) is 18.9 Å². The number of hydrogen-bond acceptors (Lipinski definition) is 2. The third kappa shape index (κ3) is 1.25. The Morgan fingerprint density at radius 1 is 1.56 bits per heavy atom. The minimum Gasteiger partial charge on any atom is -0.395 e. The average Bonchev–Trinajstić information content (AvgIpc) is 2.15. The Labute approximate surface area is 56.5 Å². The van der Waals surface area contributed by atoms with E-state index in [-0.39, 0.29) is 0 Å². The molecule has 2 unspecified atom stereocenters. The van der Waals surface area contributed by atoms with Gasteiger partial charge in [0.25, 0.3) is 0 Å². The van der Waals surface area contributed by atoms with Crippen LogP contribution in [-0.2, 0) is 0 Å². The molecule has 1 aliphatic heterocycles. The number of aliphatic hydroxyl groups is 1. The molecule has 0 aromatic carbocycles. The van der Waals surface area contributed by atoms with E-state index in [9.17, 15) is 0 Å². The highest BCUT2D eigenvalue weighted by Crippen LogP contribution is 2.20. The van der Waals surface area contributed by atoms with Gasteiger partial charge in [-0.05, 0) is 26.8 Å². The summed E-state index contributed by atoms with van der Waals surface area (Å²) in [6, 6.07) is 1.10. The van der Waals surface area contributed by atoms with Crippen LogP contribution in [0, 0.1) is 0 Å². The fourth-order valence-electron chi connectivity index (χ4n) is 1.42. The van der Waals surface area contributed by atoms with Crippen molar-refractivity contribution in [3.8, 4) is 0 Å². The van der Waals surface area contributed by atoms with Crippen LogP contribution in [0.15, 0.2) is 0 Å². The summed E-state index contributed by atoms with van der Waals surface area (Å²) < 4.78 is 0. The first-order chi connectivity index (χ1) is 4.25. The Kier molecular flexibility index (Phi) is 2.09. The minimum atomic E-state index is 0.320. The van der Waals surface area contributed by atoms with Crippen molar-refractivity contribution in [3.63, 3.8) is 0 Å². The smallest absolute Gasteiger partial charge is 0.0586 e. The molecular formula is C7H15NO. The molecule has 0 amide bonds. The maximum atomic E-state index is 8.81. The number of rotatable bonds is 1. The SMILES string of the molecule is CC1CCC(CO)N1C. The first kappa shape index (κ1) is 7.03. The number of nitrogens with zero attached hydrogens (tertiary/aromatic N) is 1. The monoisotopic (exact) mass is 129 g/mol. The second kappa shape index (κ2) is 2.67. The van der Waals surface area contributed by atoms with Crippen molar-refractivity contribution in [3.05, 3.63) is 0 Å². The number of likely N-dealkylation sites (tertiary alicyclic amines) is 1. The van der Waals surface area contributed by atoms with Crippen LogP contribution in [0.4, 0.5) is 0 Å². The second-order valence-corrected chi connectivity index (χ2v) is 2.93. The molecule has 1 heterocycles. The molecule has 2 nitrogen and oxygen atoms in total. The summed E-state index contributed by atoms with van der Waals surface area (Å²) in [4.78, 5) is 2.25. The van der Waals surface area contributed by atoms with E-state index in [1.165, 1.54) is 6.42 Å². The molecule has 2 atom stereocenters. The van der Waals surface area contributed by atoms with Crippen molar-refractivity contribution in [2.45, 2.75) is 31.8 Å². The molecule has 0 saturated carbocycles. The molecule has 0 bridgehead atoms. The molecular weight excluding hydrogens is 114 g/mol. The quantitative estimate of drug-likeness (QED) is 0.556. The Morgan fingerprint density at radius 2 is 2.22 bits per heavy atom. The molecule has 9 heavy (non-hydrogen) atoms. The van der Waals surface area contributed by atoms with E-state index in [4.69, 9.17) is 5.11 Å². The average molecular weight is 129 g/mol. The van der Waals surface area contributed by atoms with E-state index >= 15 is 0 Å². The van der Waals surface area contributed by atoms with Gasteiger partial charge in [-0.3, -0.25) is 4.90 Å². The molecule has 1 fully saturated rings. The van der Waals surface area contributed by atoms with Crippen LogP contribution in [0.2, 0.25) is 0 Å². The van der Waals surface area contributed by atoms with Crippen LogP contribution < -0.4 is 0 Å². The normalized spacial score (nSPS) is 37.7. The van der Waals surface area contributed by atoms with Gasteiger partial charge in [-0.25, -0.2) is 0 Å². The summed E-state index contributed by atoms with van der Waals surface area (Å²) in [5.41, 5.74) is 0. The lowest BCUT2D eigenvalue weighted by Crippen LogP contribution is -2.32. The Morgan fingerprint density at radius 3 is 2.44 bits per heavy atom. The van der Waals surface area contributed by atoms with E-state index in [1.54, 1.807) is 0 Å². The van der Waals surface area contributed by atoms with Crippen LogP contribution in [-0.4, -0.2) is 35.7 Å². The summed E-state index contributed by atoms with van der Waals surface area (Å²) in [5, 5.41) is 8.81. The lowest BCUT2D eigenvalue weighted by Gasteiger charge is -2.20. The Bertz CT molecular complexity index is 94.9. The van der Waals surface area contributed by atoms with Crippen molar-refractivity contribution in [1.82, 2.24) is 4.90 Å². The molecule has 1 N–H and O–H groups in total. The highest BCUT2D eigenvalue weighted by atomic mass is 16.3. The predicted molar refractivity (Wildman–Crippen MR) is 37.3 cm³/mol. The summed E-state index contributed by atoms with van der Waals surface area (Å²) in [6.45, 7) is 2.52. The van der Waals surface area contributed by atoms with Gasteiger partial charge in [0.15, 0.2) is 0 Å². The highest BCUT2D eigenvalue weighted by Gasteiger charge is 2.25. The van der Waals surface area contributed by atoms with E-state index in [0.29, 0.717) is 18.7 Å². The van der Waals surface area contributed by atoms with Crippen LogP contribution in [0.3, 0.4) is 0 Å². The zero-order chi connectivity index (χ0) is 6.85. The van der Waals surface area contributed by atoms with Crippen LogP contribution in [0.1, 0.15) is 19.8 Å². The van der Waals surface area contributed by atoms with E-state index < -0.39 is 0 Å². The Hall–Kier alpha value is -0.0800. The van der Waals surface area contributed by atoms with Crippen molar-refractivity contribution in [1.29, 1.82) is 0 Å². The molecule has 0 aliphatic carbocycles. The highest BCUT2D eigenvalue weighted by molar-refractivity contribution is 4.81. The molecule has 1 saturated heterocycles. The van der Waals surface area contributed by atoms with Crippen molar-refractivity contribution in [2.24, 2.45) is 0 Å². The van der Waals surface area contributed by atoms with Crippen molar-refractivity contribution in [2.75, 3.05) is 13.7 Å². The van der Waals surface area contributed by atoms with Gasteiger partial charge < -0.3 is 5.11 Å². The lowest BCUT2D eigenvalue weighted by atomic mass is 10.2. The van der Waals surface area contributed by atoms with Crippen LogP contribution in [0.5, 0.6) is 0 Å². The number of hydrogen-bond donors (Lipinski definition) is 1. The number of aliphatic hydroxyl groups excluding tert-OH is 1. The zero-order valence-corrected chi connectivity index (χ0v) is 6.17. The molecule has 0 radical (unpaired) electrons. The van der Waals surface area contributed by atoms with Crippen molar-refractivity contribution < 1.29 is 5.11 Å². The van der Waals surface area contributed by atoms with Crippen LogP contribution >= 0.6 is 0 Å². The predicted octanol–water partition coefficient (Wildman–Crippen LogP) is 0.461. The Balaban J connectivity index is 2.41. The third-order valence-electron chi connectivity index (χ3n) is 2.40.